The Morgan fingerprint density at radius 2 is 1.71 bits per heavy atom. The van der Waals surface area contributed by atoms with Crippen LogP contribution in [-0.2, 0) is 11.0 Å². The zero-order valence-electron chi connectivity index (χ0n) is 18.5. The monoisotopic (exact) mass is 537 g/mol. The molecule has 0 heterocycles. The number of ether oxygens (including phenoxy) is 2. The predicted octanol–water partition coefficient (Wildman–Crippen LogP) is 8.11. The van der Waals surface area contributed by atoms with Crippen molar-refractivity contribution in [3.05, 3.63) is 75.3 Å². The third-order valence-electron chi connectivity index (χ3n) is 4.58. The lowest BCUT2D eigenvalue weighted by Gasteiger charge is -2.13. The van der Waals surface area contributed by atoms with Crippen molar-refractivity contribution in [2.45, 2.75) is 32.4 Å². The highest BCUT2D eigenvalue weighted by Gasteiger charge is 2.30. The van der Waals surface area contributed by atoms with E-state index in [1.807, 2.05) is 13.0 Å². The van der Waals surface area contributed by atoms with Gasteiger partial charge in [0.15, 0.2) is 0 Å². The number of aryl methyl sites for hydroxylation is 1. The summed E-state index contributed by atoms with van der Waals surface area (Å²) in [5, 5.41) is 0.449. The zero-order chi connectivity index (χ0) is 25.1. The molecule has 1 N–H and O–H groups in total. The van der Waals surface area contributed by atoms with Gasteiger partial charge in [0.1, 0.15) is 22.6 Å². The number of hydrogen-bond acceptors (Lipinski definition) is 4. The number of halogens is 6. The molecule has 0 radical (unpaired) electrons. The van der Waals surface area contributed by atoms with Crippen LogP contribution >= 0.6 is 34.8 Å². The summed E-state index contributed by atoms with van der Waals surface area (Å²) >= 11 is 17.4. The maximum atomic E-state index is 12.6. The minimum atomic E-state index is -4.37. The Kier molecular flexibility index (Phi) is 11.4. The van der Waals surface area contributed by atoms with Gasteiger partial charge in [0.2, 0.25) is 0 Å². The largest absolute Gasteiger partial charge is 0.492 e. The molecule has 0 saturated carbocycles. The molecule has 0 aliphatic rings. The average molecular weight is 539 g/mol. The number of alkyl halides is 3. The molecule has 10 heteroatoms. The molecule has 4 nitrogen and oxygen atoms in total. The molecule has 0 spiro atoms. The SMILES string of the molecule is C=C(NOCCCCCOc1c(C)cc(OCC=C(Cl)Cl)cc1Cl)c1ccc(C(F)(F)F)cc1. The second-order valence-electron chi connectivity index (χ2n) is 7.27. The van der Waals surface area contributed by atoms with E-state index in [-0.39, 0.29) is 11.1 Å². The number of hydrogen-bond donors (Lipinski definition) is 1. The molecule has 186 valence electrons. The summed E-state index contributed by atoms with van der Waals surface area (Å²) in [6.45, 7) is 6.77. The van der Waals surface area contributed by atoms with Gasteiger partial charge in [-0.05, 0) is 61.6 Å². The van der Waals surface area contributed by atoms with E-state index in [0.717, 1.165) is 37.0 Å². The van der Waals surface area contributed by atoms with Crippen LogP contribution in [0.1, 0.15) is 36.0 Å². The minimum Gasteiger partial charge on any atom is -0.492 e. The van der Waals surface area contributed by atoms with Crippen LogP contribution in [0, 0.1) is 6.92 Å². The van der Waals surface area contributed by atoms with Crippen molar-refractivity contribution in [2.24, 2.45) is 0 Å². The van der Waals surface area contributed by atoms with Gasteiger partial charge in [0.25, 0.3) is 0 Å². The first-order chi connectivity index (χ1) is 16.1. The molecule has 0 aliphatic heterocycles. The number of benzene rings is 2. The molecule has 2 rings (SSSR count). The number of unbranched alkanes of at least 4 members (excludes halogenated alkanes) is 2. The third kappa shape index (κ3) is 9.66. The van der Waals surface area contributed by atoms with E-state index in [0.29, 0.717) is 41.0 Å². The van der Waals surface area contributed by atoms with Gasteiger partial charge in [-0.15, -0.1) is 0 Å². The first-order valence-electron chi connectivity index (χ1n) is 10.4. The topological polar surface area (TPSA) is 39.7 Å². The van der Waals surface area contributed by atoms with Gasteiger partial charge in [-0.25, -0.2) is 0 Å². The molecule has 2 aromatic carbocycles. The molecule has 0 amide bonds. The van der Waals surface area contributed by atoms with Crippen molar-refractivity contribution < 1.29 is 27.5 Å². The van der Waals surface area contributed by atoms with E-state index in [1.165, 1.54) is 18.2 Å². The summed E-state index contributed by atoms with van der Waals surface area (Å²) in [6.07, 6.45) is -0.450. The van der Waals surface area contributed by atoms with Gasteiger partial charge in [-0.2, -0.15) is 13.2 Å². The summed E-state index contributed by atoms with van der Waals surface area (Å²) in [7, 11) is 0. The average Bonchev–Trinajstić information content (AvgIpc) is 2.76. The quantitative estimate of drug-likeness (QED) is 0.207. The summed E-state index contributed by atoms with van der Waals surface area (Å²) in [4.78, 5) is 5.34. The predicted molar refractivity (Wildman–Crippen MR) is 130 cm³/mol. The first kappa shape index (κ1) is 28.2. The Balaban J connectivity index is 1.63. The highest BCUT2D eigenvalue weighted by Crippen LogP contribution is 2.33. The number of rotatable bonds is 13. The maximum Gasteiger partial charge on any atom is 0.416 e. The summed E-state index contributed by atoms with van der Waals surface area (Å²) < 4.78 is 49.3. The van der Waals surface area contributed by atoms with E-state index in [2.05, 4.69) is 12.1 Å². The molecule has 2 aromatic rings. The van der Waals surface area contributed by atoms with Crippen molar-refractivity contribution in [3.63, 3.8) is 0 Å². The molecular formula is C24H25Cl3F3NO3. The van der Waals surface area contributed by atoms with Gasteiger partial charge in [-0.3, -0.25) is 10.3 Å². The van der Waals surface area contributed by atoms with Crippen LogP contribution in [0.25, 0.3) is 5.70 Å². The number of hydroxylamine groups is 1. The van der Waals surface area contributed by atoms with E-state index in [4.69, 9.17) is 49.1 Å². The summed E-state index contributed by atoms with van der Waals surface area (Å²) in [6, 6.07) is 8.19. The Bertz CT molecular complexity index is 953. The second-order valence-corrected chi connectivity index (χ2v) is 8.68. The van der Waals surface area contributed by atoms with Crippen molar-refractivity contribution in [1.82, 2.24) is 5.48 Å². The molecule has 0 aromatic heterocycles. The normalized spacial score (nSPS) is 11.1. The molecule has 0 bridgehead atoms. The highest BCUT2D eigenvalue weighted by atomic mass is 35.5. The van der Waals surface area contributed by atoms with Crippen molar-refractivity contribution in [1.29, 1.82) is 0 Å². The van der Waals surface area contributed by atoms with Crippen LogP contribution in [0.4, 0.5) is 13.2 Å². The fourth-order valence-electron chi connectivity index (χ4n) is 2.85. The van der Waals surface area contributed by atoms with Crippen LogP contribution in [0.2, 0.25) is 5.02 Å². The summed E-state index contributed by atoms with van der Waals surface area (Å²) in [5.41, 5.74) is 3.70. The minimum absolute atomic E-state index is 0.132. The molecule has 34 heavy (non-hydrogen) atoms. The van der Waals surface area contributed by atoms with Crippen LogP contribution in [0.15, 0.2) is 53.5 Å². The zero-order valence-corrected chi connectivity index (χ0v) is 20.8. The Labute approximate surface area is 212 Å². The van der Waals surface area contributed by atoms with Crippen LogP contribution in [0.5, 0.6) is 11.5 Å². The molecule has 0 atom stereocenters. The van der Waals surface area contributed by atoms with Gasteiger partial charge in [-0.1, -0.05) is 53.5 Å². The Morgan fingerprint density at radius 1 is 1.03 bits per heavy atom. The second kappa shape index (κ2) is 13.7. The first-order valence-corrected chi connectivity index (χ1v) is 11.5. The molecule has 0 unspecified atom stereocenters. The van der Waals surface area contributed by atoms with Gasteiger partial charge in [0.05, 0.1) is 29.5 Å². The van der Waals surface area contributed by atoms with Crippen LogP contribution in [0.3, 0.4) is 0 Å². The summed E-state index contributed by atoms with van der Waals surface area (Å²) in [5.74, 6) is 1.19. The van der Waals surface area contributed by atoms with Gasteiger partial charge >= 0.3 is 6.18 Å². The molecular weight excluding hydrogens is 514 g/mol. The van der Waals surface area contributed by atoms with E-state index < -0.39 is 11.7 Å². The molecule has 0 saturated heterocycles. The van der Waals surface area contributed by atoms with E-state index in [9.17, 15) is 13.2 Å². The Hall–Kier alpha value is -2.06. The number of nitrogens with one attached hydrogen (secondary N) is 1. The van der Waals surface area contributed by atoms with Gasteiger partial charge in [0, 0.05) is 6.07 Å². The van der Waals surface area contributed by atoms with E-state index >= 15 is 0 Å². The molecule has 0 fully saturated rings. The van der Waals surface area contributed by atoms with Gasteiger partial charge < -0.3 is 9.47 Å². The fourth-order valence-corrected chi connectivity index (χ4v) is 3.29. The van der Waals surface area contributed by atoms with Crippen LogP contribution in [-0.4, -0.2) is 19.8 Å². The highest BCUT2D eigenvalue weighted by molar-refractivity contribution is 6.55. The lowest BCUT2D eigenvalue weighted by molar-refractivity contribution is -0.137. The van der Waals surface area contributed by atoms with Crippen molar-refractivity contribution in [3.8, 4) is 11.5 Å². The van der Waals surface area contributed by atoms with Crippen molar-refractivity contribution in [2.75, 3.05) is 19.8 Å². The Morgan fingerprint density at radius 3 is 2.32 bits per heavy atom. The third-order valence-corrected chi connectivity index (χ3v) is 5.17. The lowest BCUT2D eigenvalue weighted by atomic mass is 10.1. The van der Waals surface area contributed by atoms with Crippen molar-refractivity contribution >= 4 is 40.5 Å². The molecule has 0 aliphatic carbocycles. The van der Waals surface area contributed by atoms with E-state index in [1.54, 1.807) is 6.07 Å². The lowest BCUT2D eigenvalue weighted by Crippen LogP contribution is -2.14. The fraction of sp³-hybridized carbons (Fsp3) is 0.333. The standard InChI is InChI=1S/C24H25Cl3F3NO3/c1-16-14-20(32-13-10-22(26)27)15-21(25)23(16)33-11-4-3-5-12-34-31-17(2)18-6-8-19(9-7-18)24(28,29)30/h6-10,14-15,31H,2-5,11-13H2,1H3. The van der Waals surface area contributed by atoms with Crippen LogP contribution < -0.4 is 15.0 Å². The smallest absolute Gasteiger partial charge is 0.416 e. The maximum absolute atomic E-state index is 12.6.